The minimum Gasteiger partial charge on any atom is -0.374 e. The molecule has 0 aliphatic carbocycles. The summed E-state index contributed by atoms with van der Waals surface area (Å²) in [5, 5.41) is 0. The van der Waals surface area contributed by atoms with Crippen molar-refractivity contribution < 1.29 is 4.74 Å². The van der Waals surface area contributed by atoms with Crippen LogP contribution in [0.15, 0.2) is 30.3 Å². The molecule has 1 rings (SSSR count). The van der Waals surface area contributed by atoms with E-state index in [1.165, 1.54) is 5.56 Å². The van der Waals surface area contributed by atoms with Crippen molar-refractivity contribution in [1.29, 1.82) is 0 Å². The van der Waals surface area contributed by atoms with Gasteiger partial charge in [-0.2, -0.15) is 0 Å². The van der Waals surface area contributed by atoms with E-state index >= 15 is 0 Å². The number of hydrogen-bond acceptors (Lipinski definition) is 1. The lowest BCUT2D eigenvalue weighted by atomic mass is 10.1. The van der Waals surface area contributed by atoms with Crippen LogP contribution in [-0.2, 0) is 11.3 Å². The molecule has 0 amide bonds. The van der Waals surface area contributed by atoms with Crippen molar-refractivity contribution in [2.45, 2.75) is 39.9 Å². The van der Waals surface area contributed by atoms with Gasteiger partial charge in [0.15, 0.2) is 0 Å². The summed E-state index contributed by atoms with van der Waals surface area (Å²) in [6.07, 6.45) is 1.49. The van der Waals surface area contributed by atoms with Crippen LogP contribution >= 0.6 is 0 Å². The molecular formula is C13H20O. The Bertz CT molecular complexity index is 241. The van der Waals surface area contributed by atoms with Gasteiger partial charge in [-0.1, -0.05) is 44.2 Å². The fourth-order valence-electron chi connectivity index (χ4n) is 1.54. The fraction of sp³-hybridized carbons (Fsp3) is 0.538. The summed E-state index contributed by atoms with van der Waals surface area (Å²) in [5.41, 5.74) is 1.25. The highest BCUT2D eigenvalue weighted by Crippen LogP contribution is 2.10. The first-order valence-corrected chi connectivity index (χ1v) is 5.34. The third kappa shape index (κ3) is 4.43. The molecule has 14 heavy (non-hydrogen) atoms. The van der Waals surface area contributed by atoms with Crippen molar-refractivity contribution in [3.63, 3.8) is 0 Å². The minimum absolute atomic E-state index is 0.357. The molecule has 1 aromatic rings. The van der Waals surface area contributed by atoms with Crippen LogP contribution in [0.2, 0.25) is 0 Å². The molecule has 1 atom stereocenters. The molecule has 0 fully saturated rings. The zero-order valence-corrected chi connectivity index (χ0v) is 9.36. The molecular weight excluding hydrogens is 172 g/mol. The summed E-state index contributed by atoms with van der Waals surface area (Å²) in [6.45, 7) is 7.32. The van der Waals surface area contributed by atoms with E-state index in [0.29, 0.717) is 12.0 Å². The Morgan fingerprint density at radius 1 is 1.07 bits per heavy atom. The topological polar surface area (TPSA) is 9.23 Å². The van der Waals surface area contributed by atoms with Gasteiger partial charge in [0.25, 0.3) is 0 Å². The molecule has 0 saturated carbocycles. The maximum Gasteiger partial charge on any atom is 0.0720 e. The molecule has 0 radical (unpaired) electrons. The minimum atomic E-state index is 0.357. The highest BCUT2D eigenvalue weighted by atomic mass is 16.5. The zero-order chi connectivity index (χ0) is 10.4. The number of rotatable bonds is 5. The van der Waals surface area contributed by atoms with Crippen LogP contribution in [0, 0.1) is 5.92 Å². The molecule has 0 aliphatic rings. The molecule has 0 spiro atoms. The Morgan fingerprint density at radius 2 is 1.71 bits per heavy atom. The lowest BCUT2D eigenvalue weighted by Gasteiger charge is -2.14. The second kappa shape index (κ2) is 5.82. The van der Waals surface area contributed by atoms with Gasteiger partial charge in [0.05, 0.1) is 12.7 Å². The SMILES string of the molecule is CC(C)CC(C)OCc1ccccc1. The van der Waals surface area contributed by atoms with Crippen LogP contribution in [0.25, 0.3) is 0 Å². The van der Waals surface area contributed by atoms with Gasteiger partial charge in [-0.3, -0.25) is 0 Å². The molecule has 0 bridgehead atoms. The Kier molecular flexibility index (Phi) is 4.68. The summed E-state index contributed by atoms with van der Waals surface area (Å²) in [7, 11) is 0. The predicted octanol–water partition coefficient (Wildman–Crippen LogP) is 3.64. The summed E-state index contributed by atoms with van der Waals surface area (Å²) >= 11 is 0. The molecule has 0 heterocycles. The number of hydrogen-bond donors (Lipinski definition) is 0. The highest BCUT2D eigenvalue weighted by Gasteiger charge is 2.04. The third-order valence-electron chi connectivity index (χ3n) is 2.18. The van der Waals surface area contributed by atoms with Gasteiger partial charge < -0.3 is 4.74 Å². The highest BCUT2D eigenvalue weighted by molar-refractivity contribution is 5.13. The fourth-order valence-corrected chi connectivity index (χ4v) is 1.54. The van der Waals surface area contributed by atoms with E-state index < -0.39 is 0 Å². The van der Waals surface area contributed by atoms with Crippen LogP contribution in [0.3, 0.4) is 0 Å². The van der Waals surface area contributed by atoms with E-state index in [9.17, 15) is 0 Å². The summed E-state index contributed by atoms with van der Waals surface area (Å²) in [4.78, 5) is 0. The van der Waals surface area contributed by atoms with Crippen LogP contribution in [0.1, 0.15) is 32.8 Å². The van der Waals surface area contributed by atoms with Crippen molar-refractivity contribution in [2.24, 2.45) is 5.92 Å². The van der Waals surface area contributed by atoms with Crippen molar-refractivity contribution in [2.75, 3.05) is 0 Å². The molecule has 0 N–H and O–H groups in total. The average molecular weight is 192 g/mol. The number of ether oxygens (including phenoxy) is 1. The molecule has 0 aliphatic heterocycles. The van der Waals surface area contributed by atoms with Gasteiger partial charge in [0.2, 0.25) is 0 Å². The summed E-state index contributed by atoms with van der Waals surface area (Å²) in [5.74, 6) is 0.709. The maximum absolute atomic E-state index is 5.74. The largest absolute Gasteiger partial charge is 0.374 e. The normalized spacial score (nSPS) is 13.1. The molecule has 0 aromatic heterocycles. The van der Waals surface area contributed by atoms with E-state index in [1.807, 2.05) is 18.2 Å². The maximum atomic E-state index is 5.74. The molecule has 1 nitrogen and oxygen atoms in total. The quantitative estimate of drug-likeness (QED) is 0.692. The van der Waals surface area contributed by atoms with E-state index in [1.54, 1.807) is 0 Å². The van der Waals surface area contributed by atoms with E-state index in [-0.39, 0.29) is 0 Å². The van der Waals surface area contributed by atoms with Crippen molar-refractivity contribution in [1.82, 2.24) is 0 Å². The standard InChI is InChI=1S/C13H20O/c1-11(2)9-12(3)14-10-13-7-5-4-6-8-13/h4-8,11-12H,9-10H2,1-3H3. The average Bonchev–Trinajstić information content (AvgIpc) is 2.15. The Labute approximate surface area is 87.1 Å². The van der Waals surface area contributed by atoms with Crippen molar-refractivity contribution >= 4 is 0 Å². The Morgan fingerprint density at radius 3 is 2.29 bits per heavy atom. The van der Waals surface area contributed by atoms with Crippen molar-refractivity contribution in [3.05, 3.63) is 35.9 Å². The van der Waals surface area contributed by atoms with Gasteiger partial charge in [-0.15, -0.1) is 0 Å². The zero-order valence-electron chi connectivity index (χ0n) is 9.36. The van der Waals surface area contributed by atoms with E-state index in [2.05, 4.69) is 32.9 Å². The van der Waals surface area contributed by atoms with Crippen LogP contribution < -0.4 is 0 Å². The summed E-state index contributed by atoms with van der Waals surface area (Å²) in [6, 6.07) is 10.3. The van der Waals surface area contributed by atoms with E-state index in [4.69, 9.17) is 4.74 Å². The third-order valence-corrected chi connectivity index (χ3v) is 2.18. The van der Waals surface area contributed by atoms with Gasteiger partial charge >= 0.3 is 0 Å². The first-order chi connectivity index (χ1) is 6.68. The van der Waals surface area contributed by atoms with E-state index in [0.717, 1.165) is 13.0 Å². The second-order valence-corrected chi connectivity index (χ2v) is 4.24. The number of benzene rings is 1. The predicted molar refractivity (Wildman–Crippen MR) is 60.1 cm³/mol. The van der Waals surface area contributed by atoms with Gasteiger partial charge in [0, 0.05) is 0 Å². The Balaban J connectivity index is 2.27. The second-order valence-electron chi connectivity index (χ2n) is 4.24. The molecule has 0 saturated heterocycles. The smallest absolute Gasteiger partial charge is 0.0720 e. The molecule has 1 unspecified atom stereocenters. The molecule has 78 valence electrons. The van der Waals surface area contributed by atoms with Gasteiger partial charge in [-0.05, 0) is 24.8 Å². The molecule has 1 aromatic carbocycles. The van der Waals surface area contributed by atoms with Crippen LogP contribution in [0.5, 0.6) is 0 Å². The summed E-state index contributed by atoms with van der Waals surface area (Å²) < 4.78 is 5.74. The van der Waals surface area contributed by atoms with Gasteiger partial charge in [-0.25, -0.2) is 0 Å². The van der Waals surface area contributed by atoms with Crippen LogP contribution in [-0.4, -0.2) is 6.10 Å². The van der Waals surface area contributed by atoms with Crippen LogP contribution in [0.4, 0.5) is 0 Å². The lowest BCUT2D eigenvalue weighted by molar-refractivity contribution is 0.0397. The Hall–Kier alpha value is -0.820. The first kappa shape index (κ1) is 11.3. The van der Waals surface area contributed by atoms with Crippen molar-refractivity contribution in [3.8, 4) is 0 Å². The molecule has 1 heteroatoms. The first-order valence-electron chi connectivity index (χ1n) is 5.34. The monoisotopic (exact) mass is 192 g/mol. The van der Waals surface area contributed by atoms with Gasteiger partial charge in [0.1, 0.15) is 0 Å². The lowest BCUT2D eigenvalue weighted by Crippen LogP contribution is -2.10.